The van der Waals surface area contributed by atoms with Crippen LogP contribution in [0.15, 0.2) is 0 Å². The molecule has 0 saturated carbocycles. The first-order valence-electron chi connectivity index (χ1n) is 3.79. The SMILES string of the molecule is OCC1CCCN1CCI. The lowest BCUT2D eigenvalue weighted by atomic mass is 10.2. The van der Waals surface area contributed by atoms with Crippen molar-refractivity contribution in [2.24, 2.45) is 0 Å². The molecule has 0 aromatic heterocycles. The van der Waals surface area contributed by atoms with Crippen LogP contribution in [0.25, 0.3) is 0 Å². The fourth-order valence-corrected chi connectivity index (χ4v) is 2.12. The standard InChI is InChI=1S/C7H14INO/c8-3-5-9-4-1-2-7(9)6-10/h7,10H,1-6H2. The Morgan fingerprint density at radius 1 is 1.60 bits per heavy atom. The van der Waals surface area contributed by atoms with Crippen LogP contribution in [0.1, 0.15) is 12.8 Å². The molecular weight excluding hydrogens is 241 g/mol. The first-order chi connectivity index (χ1) is 4.88. The monoisotopic (exact) mass is 255 g/mol. The van der Waals surface area contributed by atoms with Crippen LogP contribution in [0.4, 0.5) is 0 Å². The van der Waals surface area contributed by atoms with Crippen LogP contribution in [0.3, 0.4) is 0 Å². The lowest BCUT2D eigenvalue weighted by Gasteiger charge is -2.20. The Morgan fingerprint density at radius 2 is 2.40 bits per heavy atom. The Hall–Kier alpha value is 0.650. The minimum Gasteiger partial charge on any atom is -0.395 e. The highest BCUT2D eigenvalue weighted by Gasteiger charge is 2.22. The lowest BCUT2D eigenvalue weighted by Crippen LogP contribution is -2.33. The van der Waals surface area contributed by atoms with E-state index in [0.29, 0.717) is 12.6 Å². The van der Waals surface area contributed by atoms with Crippen molar-refractivity contribution in [3.8, 4) is 0 Å². The molecule has 1 heterocycles. The van der Waals surface area contributed by atoms with Crippen molar-refractivity contribution in [2.75, 3.05) is 24.1 Å². The molecule has 0 aliphatic carbocycles. The van der Waals surface area contributed by atoms with Gasteiger partial charge in [-0.3, -0.25) is 4.90 Å². The Morgan fingerprint density at radius 3 is 3.00 bits per heavy atom. The van der Waals surface area contributed by atoms with Crippen LogP contribution in [0.5, 0.6) is 0 Å². The largest absolute Gasteiger partial charge is 0.395 e. The highest BCUT2D eigenvalue weighted by atomic mass is 127. The highest BCUT2D eigenvalue weighted by molar-refractivity contribution is 14.1. The van der Waals surface area contributed by atoms with E-state index in [-0.39, 0.29) is 0 Å². The van der Waals surface area contributed by atoms with Gasteiger partial charge in [0.2, 0.25) is 0 Å². The average molecular weight is 255 g/mol. The molecule has 1 saturated heterocycles. The summed E-state index contributed by atoms with van der Waals surface area (Å²) in [6, 6.07) is 0.467. The number of aliphatic hydroxyl groups excluding tert-OH is 1. The molecule has 2 nitrogen and oxygen atoms in total. The van der Waals surface area contributed by atoms with Gasteiger partial charge in [0.1, 0.15) is 0 Å². The molecule has 1 fully saturated rings. The van der Waals surface area contributed by atoms with Crippen molar-refractivity contribution in [1.82, 2.24) is 4.90 Å². The zero-order valence-electron chi connectivity index (χ0n) is 6.09. The molecular formula is C7H14INO. The van der Waals surface area contributed by atoms with E-state index in [1.54, 1.807) is 0 Å². The molecule has 0 bridgehead atoms. The fourth-order valence-electron chi connectivity index (χ4n) is 1.50. The minimum absolute atomic E-state index is 0.344. The molecule has 1 atom stereocenters. The van der Waals surface area contributed by atoms with Gasteiger partial charge in [0.05, 0.1) is 6.61 Å². The maximum absolute atomic E-state index is 8.92. The van der Waals surface area contributed by atoms with E-state index >= 15 is 0 Å². The smallest absolute Gasteiger partial charge is 0.0586 e. The van der Waals surface area contributed by atoms with Crippen LogP contribution in [0, 0.1) is 0 Å². The topological polar surface area (TPSA) is 23.5 Å². The molecule has 60 valence electrons. The predicted octanol–water partition coefficient (Wildman–Crippen LogP) is 0.878. The maximum atomic E-state index is 8.92. The third-order valence-electron chi connectivity index (χ3n) is 2.08. The van der Waals surface area contributed by atoms with Crippen LogP contribution >= 0.6 is 22.6 Å². The van der Waals surface area contributed by atoms with Gasteiger partial charge in [-0.15, -0.1) is 0 Å². The van der Waals surface area contributed by atoms with Gasteiger partial charge in [-0.05, 0) is 19.4 Å². The van der Waals surface area contributed by atoms with Crippen molar-refractivity contribution in [3.05, 3.63) is 0 Å². The van der Waals surface area contributed by atoms with Gasteiger partial charge in [-0.25, -0.2) is 0 Å². The molecule has 0 aromatic carbocycles. The third-order valence-corrected chi connectivity index (χ3v) is 2.56. The van der Waals surface area contributed by atoms with E-state index in [1.165, 1.54) is 23.8 Å². The normalized spacial score (nSPS) is 27.6. The second-order valence-corrected chi connectivity index (χ2v) is 3.78. The average Bonchev–Trinajstić information content (AvgIpc) is 2.36. The summed E-state index contributed by atoms with van der Waals surface area (Å²) in [7, 11) is 0. The van der Waals surface area contributed by atoms with Crippen molar-refractivity contribution in [2.45, 2.75) is 18.9 Å². The minimum atomic E-state index is 0.344. The van der Waals surface area contributed by atoms with Crippen molar-refractivity contribution in [1.29, 1.82) is 0 Å². The molecule has 1 unspecified atom stereocenters. The van der Waals surface area contributed by atoms with Gasteiger partial charge in [0.15, 0.2) is 0 Å². The number of alkyl halides is 1. The zero-order chi connectivity index (χ0) is 7.40. The molecule has 0 amide bonds. The molecule has 3 heteroatoms. The Balaban J connectivity index is 2.27. The Kier molecular flexibility index (Phi) is 3.95. The third kappa shape index (κ3) is 2.07. The zero-order valence-corrected chi connectivity index (χ0v) is 8.25. The summed E-state index contributed by atoms with van der Waals surface area (Å²) in [4.78, 5) is 2.38. The summed E-state index contributed by atoms with van der Waals surface area (Å²) in [6.07, 6.45) is 2.45. The Bertz CT molecular complexity index is 99.6. The lowest BCUT2D eigenvalue weighted by molar-refractivity contribution is 0.166. The maximum Gasteiger partial charge on any atom is 0.0586 e. The van der Waals surface area contributed by atoms with Crippen LogP contribution in [-0.2, 0) is 0 Å². The van der Waals surface area contributed by atoms with E-state index in [0.717, 1.165) is 6.54 Å². The first-order valence-corrected chi connectivity index (χ1v) is 5.32. The highest BCUT2D eigenvalue weighted by Crippen LogP contribution is 2.15. The summed E-state index contributed by atoms with van der Waals surface area (Å²) < 4.78 is 1.17. The molecule has 0 radical (unpaired) electrons. The van der Waals surface area contributed by atoms with Gasteiger partial charge in [-0.2, -0.15) is 0 Å². The number of nitrogens with zero attached hydrogens (tertiary/aromatic N) is 1. The van der Waals surface area contributed by atoms with E-state index in [1.807, 2.05) is 0 Å². The first kappa shape index (κ1) is 8.74. The number of aliphatic hydroxyl groups is 1. The molecule has 0 aromatic rings. The summed E-state index contributed by atoms with van der Waals surface area (Å²) in [5, 5.41) is 8.92. The number of likely N-dealkylation sites (tertiary alicyclic amines) is 1. The second-order valence-electron chi connectivity index (χ2n) is 2.70. The van der Waals surface area contributed by atoms with Gasteiger partial charge < -0.3 is 5.11 Å². The summed E-state index contributed by atoms with van der Waals surface area (Å²) in [5.41, 5.74) is 0. The Labute approximate surface area is 75.7 Å². The van der Waals surface area contributed by atoms with E-state index in [4.69, 9.17) is 5.11 Å². The van der Waals surface area contributed by atoms with Crippen molar-refractivity contribution >= 4 is 22.6 Å². The van der Waals surface area contributed by atoms with Gasteiger partial charge in [0.25, 0.3) is 0 Å². The van der Waals surface area contributed by atoms with E-state index < -0.39 is 0 Å². The van der Waals surface area contributed by atoms with E-state index in [9.17, 15) is 0 Å². The fraction of sp³-hybridized carbons (Fsp3) is 1.00. The van der Waals surface area contributed by atoms with E-state index in [2.05, 4.69) is 27.5 Å². The molecule has 0 spiro atoms. The van der Waals surface area contributed by atoms with Gasteiger partial charge in [-0.1, -0.05) is 22.6 Å². The van der Waals surface area contributed by atoms with Crippen LogP contribution in [0.2, 0.25) is 0 Å². The molecule has 1 aliphatic rings. The van der Waals surface area contributed by atoms with Gasteiger partial charge >= 0.3 is 0 Å². The predicted molar refractivity (Wildman–Crippen MR) is 50.6 cm³/mol. The summed E-state index contributed by atoms with van der Waals surface area (Å²) in [6.45, 7) is 2.68. The quantitative estimate of drug-likeness (QED) is 0.597. The van der Waals surface area contributed by atoms with Crippen LogP contribution < -0.4 is 0 Å². The molecule has 1 N–H and O–H groups in total. The summed E-state index contributed by atoms with van der Waals surface area (Å²) in [5.74, 6) is 0. The molecule has 1 rings (SSSR count). The number of rotatable bonds is 3. The summed E-state index contributed by atoms with van der Waals surface area (Å²) >= 11 is 2.38. The number of halogens is 1. The van der Waals surface area contributed by atoms with Crippen molar-refractivity contribution in [3.63, 3.8) is 0 Å². The number of hydrogen-bond donors (Lipinski definition) is 1. The van der Waals surface area contributed by atoms with Gasteiger partial charge in [0, 0.05) is 17.0 Å². The molecule has 1 aliphatic heterocycles. The van der Waals surface area contributed by atoms with Crippen molar-refractivity contribution < 1.29 is 5.11 Å². The number of hydrogen-bond acceptors (Lipinski definition) is 2. The molecule has 10 heavy (non-hydrogen) atoms. The second kappa shape index (κ2) is 4.51. The van der Waals surface area contributed by atoms with Crippen LogP contribution in [-0.4, -0.2) is 40.2 Å².